The fourth-order valence-corrected chi connectivity index (χ4v) is 3.61. The van der Waals surface area contributed by atoms with Crippen LogP contribution in [-0.4, -0.2) is 9.97 Å². The van der Waals surface area contributed by atoms with Gasteiger partial charge in [0.1, 0.15) is 23.1 Å². The van der Waals surface area contributed by atoms with Crippen LogP contribution >= 0.6 is 0 Å². The van der Waals surface area contributed by atoms with Gasteiger partial charge in [0.05, 0.1) is 5.69 Å². The van der Waals surface area contributed by atoms with Gasteiger partial charge in [0.2, 0.25) is 5.89 Å². The van der Waals surface area contributed by atoms with Gasteiger partial charge in [0, 0.05) is 24.4 Å². The number of benzene rings is 3. The van der Waals surface area contributed by atoms with Crippen LogP contribution in [0, 0.1) is 12.7 Å². The van der Waals surface area contributed by atoms with Crippen molar-refractivity contribution in [1.82, 2.24) is 9.97 Å². The number of aromatic nitrogens is 2. The monoisotopic (exact) mass is 436 g/mol. The van der Waals surface area contributed by atoms with Gasteiger partial charge in [-0.3, -0.25) is 4.98 Å². The highest BCUT2D eigenvalue weighted by Crippen LogP contribution is 2.28. The van der Waals surface area contributed by atoms with E-state index in [4.69, 9.17) is 14.1 Å². The van der Waals surface area contributed by atoms with Crippen LogP contribution in [0.3, 0.4) is 0 Å². The molecule has 4 nitrogen and oxygen atoms in total. The number of ether oxygens (including phenoxy) is 1. The van der Waals surface area contributed by atoms with Crippen LogP contribution in [0.15, 0.2) is 102 Å². The molecule has 0 aliphatic heterocycles. The summed E-state index contributed by atoms with van der Waals surface area (Å²) in [5.74, 6) is 2.36. The standard InChI is InChI=1S/C28H21FN2O2/c1-19-27(17-20-4-2-6-26(16-20)33-25-13-11-24(29)12-14-25)31-28(32-19)22-9-7-21(8-10-22)23-5-3-15-30-18-23/h2-16,18H,17H2,1H3. The average molecular weight is 436 g/mol. The Morgan fingerprint density at radius 2 is 1.61 bits per heavy atom. The molecule has 0 atom stereocenters. The average Bonchev–Trinajstić information content (AvgIpc) is 3.21. The largest absolute Gasteiger partial charge is 0.457 e. The number of aryl methyl sites for hydroxylation is 1. The van der Waals surface area contributed by atoms with Crippen molar-refractivity contribution in [3.05, 3.63) is 120 Å². The molecule has 0 N–H and O–H groups in total. The van der Waals surface area contributed by atoms with Crippen molar-refractivity contribution in [1.29, 1.82) is 0 Å². The number of hydrogen-bond acceptors (Lipinski definition) is 4. The number of nitrogens with zero attached hydrogens (tertiary/aromatic N) is 2. The lowest BCUT2D eigenvalue weighted by molar-refractivity contribution is 0.480. The molecule has 0 bridgehead atoms. The molecule has 0 aliphatic rings. The molecule has 0 radical (unpaired) electrons. The zero-order chi connectivity index (χ0) is 22.6. The highest BCUT2D eigenvalue weighted by molar-refractivity contribution is 5.66. The van der Waals surface area contributed by atoms with E-state index in [1.165, 1.54) is 12.1 Å². The van der Waals surface area contributed by atoms with Gasteiger partial charge in [-0.1, -0.05) is 30.3 Å². The first kappa shape index (κ1) is 20.6. The molecule has 0 fully saturated rings. The minimum absolute atomic E-state index is 0.292. The van der Waals surface area contributed by atoms with E-state index in [0.717, 1.165) is 33.7 Å². The SMILES string of the molecule is Cc1oc(-c2ccc(-c3cccnc3)cc2)nc1Cc1cccc(Oc2ccc(F)cc2)c1. The van der Waals surface area contributed by atoms with Crippen molar-refractivity contribution >= 4 is 0 Å². The van der Waals surface area contributed by atoms with Gasteiger partial charge in [-0.25, -0.2) is 9.37 Å². The quantitative estimate of drug-likeness (QED) is 0.282. The Morgan fingerprint density at radius 1 is 0.818 bits per heavy atom. The van der Waals surface area contributed by atoms with Gasteiger partial charge in [-0.2, -0.15) is 0 Å². The molecule has 2 aromatic heterocycles. The van der Waals surface area contributed by atoms with Crippen LogP contribution in [0.25, 0.3) is 22.6 Å². The van der Waals surface area contributed by atoms with E-state index in [9.17, 15) is 4.39 Å². The summed E-state index contributed by atoms with van der Waals surface area (Å²) >= 11 is 0. The van der Waals surface area contributed by atoms with Crippen molar-refractivity contribution in [2.24, 2.45) is 0 Å². The molecule has 5 heteroatoms. The normalized spacial score (nSPS) is 10.8. The molecule has 0 saturated heterocycles. The third kappa shape index (κ3) is 4.83. The molecule has 162 valence electrons. The predicted molar refractivity (Wildman–Crippen MR) is 126 cm³/mol. The fourth-order valence-electron chi connectivity index (χ4n) is 3.61. The lowest BCUT2D eigenvalue weighted by Gasteiger charge is -2.07. The summed E-state index contributed by atoms with van der Waals surface area (Å²) in [6.07, 6.45) is 4.22. The second-order valence-electron chi connectivity index (χ2n) is 7.72. The summed E-state index contributed by atoms with van der Waals surface area (Å²) in [5, 5.41) is 0. The van der Waals surface area contributed by atoms with Gasteiger partial charge in [-0.05, 0) is 78.2 Å². The molecule has 0 aliphatic carbocycles. The summed E-state index contributed by atoms with van der Waals surface area (Å²) < 4.78 is 24.9. The molecule has 0 amide bonds. The summed E-state index contributed by atoms with van der Waals surface area (Å²) in [6, 6.07) is 25.8. The van der Waals surface area contributed by atoms with Crippen molar-refractivity contribution in [3.63, 3.8) is 0 Å². The summed E-state index contributed by atoms with van der Waals surface area (Å²) in [5.41, 5.74) is 5.00. The first-order chi connectivity index (χ1) is 16.1. The second kappa shape index (κ2) is 9.09. The van der Waals surface area contributed by atoms with Crippen LogP contribution in [0.5, 0.6) is 11.5 Å². The molecule has 3 aromatic carbocycles. The Labute approximate surface area is 191 Å². The maximum atomic E-state index is 13.1. The zero-order valence-corrected chi connectivity index (χ0v) is 18.0. The maximum absolute atomic E-state index is 13.1. The van der Waals surface area contributed by atoms with Crippen LogP contribution in [0.1, 0.15) is 17.0 Å². The molecule has 0 saturated carbocycles. The molecule has 2 heterocycles. The van der Waals surface area contributed by atoms with Crippen molar-refractivity contribution < 1.29 is 13.5 Å². The summed E-state index contributed by atoms with van der Waals surface area (Å²) in [6.45, 7) is 1.93. The maximum Gasteiger partial charge on any atom is 0.226 e. The summed E-state index contributed by atoms with van der Waals surface area (Å²) in [7, 11) is 0. The van der Waals surface area contributed by atoms with E-state index in [1.807, 2.05) is 73.8 Å². The lowest BCUT2D eigenvalue weighted by atomic mass is 10.1. The number of oxazole rings is 1. The molecule has 5 rings (SSSR count). The molecular formula is C28H21FN2O2. The number of pyridine rings is 1. The zero-order valence-electron chi connectivity index (χ0n) is 18.0. The lowest BCUT2D eigenvalue weighted by Crippen LogP contribution is -1.92. The van der Waals surface area contributed by atoms with E-state index >= 15 is 0 Å². The van der Waals surface area contributed by atoms with Gasteiger partial charge in [-0.15, -0.1) is 0 Å². The molecule has 5 aromatic rings. The number of rotatable bonds is 6. The first-order valence-electron chi connectivity index (χ1n) is 10.6. The van der Waals surface area contributed by atoms with E-state index in [0.29, 0.717) is 23.8 Å². The molecular weight excluding hydrogens is 415 g/mol. The molecule has 0 spiro atoms. The Balaban J connectivity index is 1.32. The Hall–Kier alpha value is -4.25. The van der Waals surface area contributed by atoms with Crippen molar-refractivity contribution in [2.75, 3.05) is 0 Å². The van der Waals surface area contributed by atoms with Crippen LogP contribution < -0.4 is 4.74 Å². The highest BCUT2D eigenvalue weighted by Gasteiger charge is 2.13. The van der Waals surface area contributed by atoms with Crippen LogP contribution in [-0.2, 0) is 6.42 Å². The third-order valence-corrected chi connectivity index (χ3v) is 5.34. The second-order valence-corrected chi connectivity index (χ2v) is 7.72. The Kier molecular flexibility index (Phi) is 5.68. The van der Waals surface area contributed by atoms with Crippen LogP contribution in [0.4, 0.5) is 4.39 Å². The molecule has 0 unspecified atom stereocenters. The number of halogens is 1. The first-order valence-corrected chi connectivity index (χ1v) is 10.6. The van der Waals surface area contributed by atoms with Crippen molar-refractivity contribution in [3.8, 4) is 34.1 Å². The summed E-state index contributed by atoms with van der Waals surface area (Å²) in [4.78, 5) is 8.91. The van der Waals surface area contributed by atoms with Crippen LogP contribution in [0.2, 0.25) is 0 Å². The predicted octanol–water partition coefficient (Wildman–Crippen LogP) is 7.23. The Bertz CT molecular complexity index is 1360. The van der Waals surface area contributed by atoms with E-state index in [-0.39, 0.29) is 5.82 Å². The Morgan fingerprint density at radius 3 is 2.36 bits per heavy atom. The van der Waals surface area contributed by atoms with E-state index < -0.39 is 0 Å². The van der Waals surface area contributed by atoms with Gasteiger partial charge in [0.25, 0.3) is 0 Å². The highest BCUT2D eigenvalue weighted by atomic mass is 19.1. The smallest absolute Gasteiger partial charge is 0.226 e. The van der Waals surface area contributed by atoms with Gasteiger partial charge < -0.3 is 9.15 Å². The minimum atomic E-state index is -0.292. The number of hydrogen-bond donors (Lipinski definition) is 0. The van der Waals surface area contributed by atoms with E-state index in [1.54, 1.807) is 18.3 Å². The van der Waals surface area contributed by atoms with Crippen molar-refractivity contribution in [2.45, 2.75) is 13.3 Å². The van der Waals surface area contributed by atoms with E-state index in [2.05, 4.69) is 4.98 Å². The third-order valence-electron chi connectivity index (χ3n) is 5.34. The fraction of sp³-hybridized carbons (Fsp3) is 0.0714. The minimum Gasteiger partial charge on any atom is -0.457 e. The van der Waals surface area contributed by atoms with Gasteiger partial charge in [0.15, 0.2) is 0 Å². The molecule has 33 heavy (non-hydrogen) atoms. The van der Waals surface area contributed by atoms with Gasteiger partial charge >= 0.3 is 0 Å². The topological polar surface area (TPSA) is 48.2 Å².